The second-order valence-electron chi connectivity index (χ2n) is 4.45. The van der Waals surface area contributed by atoms with Crippen molar-refractivity contribution in [3.63, 3.8) is 0 Å². The van der Waals surface area contributed by atoms with E-state index >= 15 is 0 Å². The van der Waals surface area contributed by atoms with Crippen molar-refractivity contribution in [2.75, 3.05) is 21.3 Å². The quantitative estimate of drug-likeness (QED) is 0.888. The molecule has 1 unspecified atom stereocenters. The molecule has 2 aromatic carbocycles. The van der Waals surface area contributed by atoms with Crippen LogP contribution in [0.15, 0.2) is 36.4 Å². The van der Waals surface area contributed by atoms with Crippen molar-refractivity contribution in [2.24, 2.45) is 0 Å². The fourth-order valence-corrected chi connectivity index (χ4v) is 2.90. The van der Waals surface area contributed by atoms with Gasteiger partial charge < -0.3 is 14.8 Å². The lowest BCUT2D eigenvalue weighted by Crippen LogP contribution is -2.19. The average Bonchev–Trinajstić information content (AvgIpc) is 2.50. The molecule has 1 N–H and O–H groups in total. The van der Waals surface area contributed by atoms with Crippen molar-refractivity contribution in [2.45, 2.75) is 6.04 Å². The van der Waals surface area contributed by atoms with E-state index in [1.165, 1.54) is 0 Å². The molecule has 0 aliphatic carbocycles. The van der Waals surface area contributed by atoms with Gasteiger partial charge in [-0.15, -0.1) is 0 Å². The van der Waals surface area contributed by atoms with Crippen LogP contribution in [0, 0.1) is 0 Å². The Balaban J connectivity index is 2.58. The first-order valence-corrected chi connectivity index (χ1v) is 7.21. The van der Waals surface area contributed by atoms with E-state index in [-0.39, 0.29) is 6.04 Å². The number of ether oxygens (including phenoxy) is 2. The Kier molecular flexibility index (Phi) is 5.34. The van der Waals surface area contributed by atoms with Crippen LogP contribution in [0.5, 0.6) is 11.5 Å². The minimum Gasteiger partial charge on any atom is -0.495 e. The average molecular weight is 326 g/mol. The van der Waals surface area contributed by atoms with Crippen molar-refractivity contribution in [1.29, 1.82) is 0 Å². The second kappa shape index (κ2) is 7.03. The van der Waals surface area contributed by atoms with Crippen molar-refractivity contribution < 1.29 is 9.47 Å². The lowest BCUT2D eigenvalue weighted by atomic mass is 9.97. The Morgan fingerprint density at radius 2 is 1.67 bits per heavy atom. The Morgan fingerprint density at radius 3 is 2.24 bits per heavy atom. The van der Waals surface area contributed by atoms with Crippen LogP contribution >= 0.6 is 23.2 Å². The van der Waals surface area contributed by atoms with Gasteiger partial charge in [0.05, 0.1) is 20.3 Å². The van der Waals surface area contributed by atoms with Gasteiger partial charge in [0, 0.05) is 10.6 Å². The minimum absolute atomic E-state index is 0.128. The number of rotatable bonds is 5. The molecule has 5 heteroatoms. The standard InChI is InChI=1S/C16H17Cl2NO2/c1-19-15(10-6-4-5-7-12(10)17)11-8-9-13(20-2)14(18)16(11)21-3/h4-9,15,19H,1-3H3. The third-order valence-electron chi connectivity index (χ3n) is 3.33. The summed E-state index contributed by atoms with van der Waals surface area (Å²) in [5.74, 6) is 1.15. The van der Waals surface area contributed by atoms with Crippen LogP contribution in [0.2, 0.25) is 10.0 Å². The van der Waals surface area contributed by atoms with Gasteiger partial charge in [-0.05, 0) is 30.8 Å². The van der Waals surface area contributed by atoms with Crippen LogP contribution in [-0.2, 0) is 0 Å². The number of nitrogens with one attached hydrogen (secondary N) is 1. The Hall–Kier alpha value is -1.42. The van der Waals surface area contributed by atoms with Gasteiger partial charge in [-0.3, -0.25) is 0 Å². The van der Waals surface area contributed by atoms with Gasteiger partial charge in [0.15, 0.2) is 0 Å². The van der Waals surface area contributed by atoms with Crippen LogP contribution < -0.4 is 14.8 Å². The smallest absolute Gasteiger partial charge is 0.146 e. The summed E-state index contributed by atoms with van der Waals surface area (Å²) in [4.78, 5) is 0. The predicted octanol–water partition coefficient (Wildman–Crippen LogP) is 4.32. The summed E-state index contributed by atoms with van der Waals surface area (Å²) in [5.41, 5.74) is 1.86. The summed E-state index contributed by atoms with van der Waals surface area (Å²) in [5, 5.41) is 4.39. The van der Waals surface area contributed by atoms with E-state index in [1.54, 1.807) is 14.2 Å². The Morgan fingerprint density at radius 1 is 0.952 bits per heavy atom. The van der Waals surface area contributed by atoms with Gasteiger partial charge >= 0.3 is 0 Å². The fourth-order valence-electron chi connectivity index (χ4n) is 2.33. The van der Waals surface area contributed by atoms with E-state index < -0.39 is 0 Å². The number of hydrogen-bond acceptors (Lipinski definition) is 3. The van der Waals surface area contributed by atoms with E-state index in [0.29, 0.717) is 21.5 Å². The largest absolute Gasteiger partial charge is 0.495 e. The highest BCUT2D eigenvalue weighted by atomic mass is 35.5. The number of methoxy groups -OCH3 is 2. The van der Waals surface area contributed by atoms with Crippen LogP contribution in [-0.4, -0.2) is 21.3 Å². The highest BCUT2D eigenvalue weighted by Gasteiger charge is 2.22. The molecular weight excluding hydrogens is 309 g/mol. The van der Waals surface area contributed by atoms with Crippen LogP contribution in [0.4, 0.5) is 0 Å². The molecule has 2 aromatic rings. The third kappa shape index (κ3) is 3.10. The van der Waals surface area contributed by atoms with Crippen molar-refractivity contribution in [3.05, 3.63) is 57.6 Å². The predicted molar refractivity (Wildman–Crippen MR) is 86.9 cm³/mol. The summed E-state index contributed by atoms with van der Waals surface area (Å²) in [6.45, 7) is 0. The van der Waals surface area contributed by atoms with Crippen LogP contribution in [0.1, 0.15) is 17.2 Å². The van der Waals surface area contributed by atoms with Gasteiger partial charge in [0.25, 0.3) is 0 Å². The minimum atomic E-state index is -0.128. The highest BCUT2D eigenvalue weighted by molar-refractivity contribution is 6.33. The number of hydrogen-bond donors (Lipinski definition) is 1. The van der Waals surface area contributed by atoms with Gasteiger partial charge in [-0.25, -0.2) is 0 Å². The Labute approximate surface area is 134 Å². The monoisotopic (exact) mass is 325 g/mol. The fraction of sp³-hybridized carbons (Fsp3) is 0.250. The molecule has 0 bridgehead atoms. The molecule has 0 saturated carbocycles. The lowest BCUT2D eigenvalue weighted by Gasteiger charge is -2.22. The maximum absolute atomic E-state index is 6.33. The molecule has 0 amide bonds. The van der Waals surface area contributed by atoms with Crippen LogP contribution in [0.25, 0.3) is 0 Å². The molecule has 0 aliphatic heterocycles. The molecule has 0 spiro atoms. The highest BCUT2D eigenvalue weighted by Crippen LogP contribution is 2.41. The summed E-state index contributed by atoms with van der Waals surface area (Å²) in [6.07, 6.45) is 0. The molecule has 112 valence electrons. The van der Waals surface area contributed by atoms with E-state index in [9.17, 15) is 0 Å². The van der Waals surface area contributed by atoms with Gasteiger partial charge in [0.1, 0.15) is 16.5 Å². The van der Waals surface area contributed by atoms with E-state index in [0.717, 1.165) is 11.1 Å². The summed E-state index contributed by atoms with van der Waals surface area (Å²) < 4.78 is 10.7. The molecular formula is C16H17Cl2NO2. The first-order chi connectivity index (χ1) is 10.1. The van der Waals surface area contributed by atoms with Crippen LogP contribution in [0.3, 0.4) is 0 Å². The zero-order valence-corrected chi connectivity index (χ0v) is 13.6. The van der Waals surface area contributed by atoms with Crippen molar-refractivity contribution in [1.82, 2.24) is 5.32 Å². The first kappa shape index (κ1) is 16.0. The summed E-state index contributed by atoms with van der Waals surface area (Å²) in [7, 11) is 5.03. The molecule has 3 nitrogen and oxygen atoms in total. The first-order valence-electron chi connectivity index (χ1n) is 6.46. The molecule has 0 aromatic heterocycles. The summed E-state index contributed by atoms with van der Waals surface area (Å²) in [6, 6.07) is 11.3. The maximum atomic E-state index is 6.33. The SMILES string of the molecule is CNC(c1ccccc1Cl)c1ccc(OC)c(Cl)c1OC. The van der Waals surface area contributed by atoms with Gasteiger partial charge in [0.2, 0.25) is 0 Å². The third-order valence-corrected chi connectivity index (χ3v) is 4.03. The molecule has 0 heterocycles. The van der Waals surface area contributed by atoms with E-state index in [4.69, 9.17) is 32.7 Å². The lowest BCUT2D eigenvalue weighted by molar-refractivity contribution is 0.388. The topological polar surface area (TPSA) is 30.5 Å². The molecule has 1 atom stereocenters. The molecule has 21 heavy (non-hydrogen) atoms. The molecule has 2 rings (SSSR count). The van der Waals surface area contributed by atoms with Crippen molar-refractivity contribution in [3.8, 4) is 11.5 Å². The molecule has 0 fully saturated rings. The summed E-state index contributed by atoms with van der Waals surface area (Å²) >= 11 is 12.6. The van der Waals surface area contributed by atoms with Gasteiger partial charge in [-0.1, -0.05) is 41.4 Å². The van der Waals surface area contributed by atoms with Crippen molar-refractivity contribution >= 4 is 23.2 Å². The van der Waals surface area contributed by atoms with E-state index in [2.05, 4.69) is 5.32 Å². The maximum Gasteiger partial charge on any atom is 0.146 e. The van der Waals surface area contributed by atoms with Gasteiger partial charge in [-0.2, -0.15) is 0 Å². The molecule has 0 saturated heterocycles. The molecule has 0 radical (unpaired) electrons. The Bertz CT molecular complexity index is 632. The number of halogens is 2. The normalized spacial score (nSPS) is 12.0. The zero-order chi connectivity index (χ0) is 15.4. The second-order valence-corrected chi connectivity index (χ2v) is 5.23. The zero-order valence-electron chi connectivity index (χ0n) is 12.1. The molecule has 0 aliphatic rings. The number of benzene rings is 2. The van der Waals surface area contributed by atoms with E-state index in [1.807, 2.05) is 43.4 Å².